The lowest BCUT2D eigenvalue weighted by Crippen LogP contribution is -2.42. The molecule has 0 bridgehead atoms. The van der Waals surface area contributed by atoms with Crippen LogP contribution in [0.5, 0.6) is 0 Å². The fraction of sp³-hybridized carbons (Fsp3) is 0.562. The van der Waals surface area contributed by atoms with Gasteiger partial charge in [-0.1, -0.05) is 32.0 Å². The fourth-order valence-electron chi connectivity index (χ4n) is 2.49. The van der Waals surface area contributed by atoms with Crippen LogP contribution in [0.3, 0.4) is 0 Å². The van der Waals surface area contributed by atoms with Crippen molar-refractivity contribution in [1.29, 1.82) is 0 Å². The van der Waals surface area contributed by atoms with Crippen molar-refractivity contribution in [2.24, 2.45) is 11.3 Å². The Morgan fingerprint density at radius 2 is 2.20 bits per heavy atom. The van der Waals surface area contributed by atoms with Crippen LogP contribution < -0.4 is 10.6 Å². The van der Waals surface area contributed by atoms with Crippen LogP contribution in [0.15, 0.2) is 24.3 Å². The first-order valence-electron chi connectivity index (χ1n) is 7.22. The van der Waals surface area contributed by atoms with Gasteiger partial charge in [-0.3, -0.25) is 4.79 Å². The van der Waals surface area contributed by atoms with E-state index >= 15 is 0 Å². The summed E-state index contributed by atoms with van der Waals surface area (Å²) in [6.45, 7) is 5.55. The van der Waals surface area contributed by atoms with E-state index in [2.05, 4.69) is 30.5 Å². The molecule has 0 aliphatic carbocycles. The summed E-state index contributed by atoms with van der Waals surface area (Å²) in [5.41, 5.74) is 2.27. The molecule has 1 heterocycles. The molecule has 1 aromatic rings. The predicted octanol–water partition coefficient (Wildman–Crippen LogP) is 1.80. The number of carbonyl (C=O) groups excluding carboxylic acids is 1. The number of rotatable bonds is 5. The molecule has 3 N–H and O–H groups in total. The average molecular weight is 276 g/mol. The molecule has 4 heteroatoms. The Morgan fingerprint density at radius 3 is 2.95 bits per heavy atom. The lowest BCUT2D eigenvalue weighted by atomic mass is 9.88. The van der Waals surface area contributed by atoms with Crippen LogP contribution in [-0.4, -0.2) is 30.7 Å². The second-order valence-electron chi connectivity index (χ2n) is 6.29. The predicted molar refractivity (Wildman–Crippen MR) is 80.6 cm³/mol. The quantitative estimate of drug-likeness (QED) is 0.768. The van der Waals surface area contributed by atoms with E-state index in [0.29, 0.717) is 19.5 Å². The number of carbonyl (C=O) groups is 1. The highest BCUT2D eigenvalue weighted by Crippen LogP contribution is 2.24. The molecule has 0 radical (unpaired) electrons. The maximum Gasteiger partial charge on any atom is 0.225 e. The van der Waals surface area contributed by atoms with Crippen LogP contribution in [0.4, 0.5) is 5.69 Å². The summed E-state index contributed by atoms with van der Waals surface area (Å²) in [5.74, 6) is 0.0767. The molecule has 1 aromatic carbocycles. The summed E-state index contributed by atoms with van der Waals surface area (Å²) >= 11 is 0. The van der Waals surface area contributed by atoms with Gasteiger partial charge in [-0.05, 0) is 29.9 Å². The number of nitrogens with one attached hydrogen (secondary N) is 2. The molecular formula is C16H24N2O2. The highest BCUT2D eigenvalue weighted by atomic mass is 16.3. The minimum atomic E-state index is -0.0651. The topological polar surface area (TPSA) is 61.4 Å². The van der Waals surface area contributed by atoms with Crippen molar-refractivity contribution in [1.82, 2.24) is 5.32 Å². The Labute approximate surface area is 120 Å². The molecule has 0 aromatic heterocycles. The Morgan fingerprint density at radius 1 is 1.45 bits per heavy atom. The SMILES string of the molecule is CC(C)(CCO)CNC(=O)C1CNc2ccccc2C1. The maximum atomic E-state index is 12.2. The van der Waals surface area contributed by atoms with Gasteiger partial charge in [0.2, 0.25) is 5.91 Å². The number of hydrogen-bond donors (Lipinski definition) is 3. The molecular weight excluding hydrogens is 252 g/mol. The molecule has 110 valence electrons. The molecule has 20 heavy (non-hydrogen) atoms. The number of fused-ring (bicyclic) bond motifs is 1. The van der Waals surface area contributed by atoms with Crippen LogP contribution in [-0.2, 0) is 11.2 Å². The summed E-state index contributed by atoms with van der Waals surface area (Å²) < 4.78 is 0. The van der Waals surface area contributed by atoms with Gasteiger partial charge in [0.1, 0.15) is 0 Å². The minimum Gasteiger partial charge on any atom is -0.396 e. The van der Waals surface area contributed by atoms with Crippen LogP contribution in [0.1, 0.15) is 25.8 Å². The second kappa shape index (κ2) is 6.27. The first-order valence-corrected chi connectivity index (χ1v) is 7.22. The van der Waals surface area contributed by atoms with Crippen LogP contribution in [0.2, 0.25) is 0 Å². The van der Waals surface area contributed by atoms with Gasteiger partial charge in [0.15, 0.2) is 0 Å². The third-order valence-corrected chi connectivity index (χ3v) is 3.92. The second-order valence-corrected chi connectivity index (χ2v) is 6.29. The largest absolute Gasteiger partial charge is 0.396 e. The lowest BCUT2D eigenvalue weighted by Gasteiger charge is -2.28. The van der Waals surface area contributed by atoms with Crippen LogP contribution in [0, 0.1) is 11.3 Å². The summed E-state index contributed by atoms with van der Waals surface area (Å²) in [6.07, 6.45) is 1.48. The molecule has 1 unspecified atom stereocenters. The number of para-hydroxylation sites is 1. The van der Waals surface area contributed by atoms with Crippen LogP contribution >= 0.6 is 0 Å². The van der Waals surface area contributed by atoms with Gasteiger partial charge in [0, 0.05) is 25.4 Å². The smallest absolute Gasteiger partial charge is 0.225 e. The highest BCUT2D eigenvalue weighted by molar-refractivity contribution is 5.80. The number of hydrogen-bond acceptors (Lipinski definition) is 3. The molecule has 1 aliphatic heterocycles. The summed E-state index contributed by atoms with van der Waals surface area (Å²) in [7, 11) is 0. The molecule has 0 fully saturated rings. The number of benzene rings is 1. The van der Waals surface area contributed by atoms with Gasteiger partial charge in [-0.25, -0.2) is 0 Å². The van der Waals surface area contributed by atoms with Crippen LogP contribution in [0.25, 0.3) is 0 Å². The van der Waals surface area contributed by atoms with E-state index in [1.165, 1.54) is 5.56 Å². The van der Waals surface area contributed by atoms with Gasteiger partial charge in [0.25, 0.3) is 0 Å². The molecule has 1 aliphatic rings. The fourth-order valence-corrected chi connectivity index (χ4v) is 2.49. The van der Waals surface area contributed by atoms with Crippen molar-refractivity contribution in [3.8, 4) is 0 Å². The van der Waals surface area contributed by atoms with Gasteiger partial charge in [-0.2, -0.15) is 0 Å². The van der Waals surface area contributed by atoms with E-state index in [0.717, 1.165) is 12.1 Å². The van der Waals surface area contributed by atoms with Crippen molar-refractivity contribution in [2.75, 3.05) is 25.0 Å². The third kappa shape index (κ3) is 3.73. The monoisotopic (exact) mass is 276 g/mol. The van der Waals surface area contributed by atoms with E-state index in [1.54, 1.807) is 0 Å². The highest BCUT2D eigenvalue weighted by Gasteiger charge is 2.26. The first kappa shape index (κ1) is 14.9. The van der Waals surface area contributed by atoms with Crippen molar-refractivity contribution >= 4 is 11.6 Å². The van der Waals surface area contributed by atoms with Gasteiger partial charge in [0.05, 0.1) is 5.92 Å². The van der Waals surface area contributed by atoms with Gasteiger partial charge < -0.3 is 15.7 Å². The summed E-state index contributed by atoms with van der Waals surface area (Å²) in [5, 5.41) is 15.3. The molecule has 0 saturated carbocycles. The van der Waals surface area contributed by atoms with E-state index in [-0.39, 0.29) is 23.8 Å². The third-order valence-electron chi connectivity index (χ3n) is 3.92. The zero-order valence-corrected chi connectivity index (χ0v) is 12.3. The number of aliphatic hydroxyl groups is 1. The van der Waals surface area contributed by atoms with E-state index in [9.17, 15) is 4.79 Å². The molecule has 1 amide bonds. The molecule has 0 saturated heterocycles. The maximum absolute atomic E-state index is 12.2. The Bertz CT molecular complexity index is 471. The van der Waals surface area contributed by atoms with Crippen molar-refractivity contribution < 1.29 is 9.90 Å². The molecule has 4 nitrogen and oxygen atoms in total. The zero-order chi connectivity index (χ0) is 14.6. The Balaban J connectivity index is 1.89. The number of amides is 1. The average Bonchev–Trinajstić information content (AvgIpc) is 2.44. The van der Waals surface area contributed by atoms with E-state index in [4.69, 9.17) is 5.11 Å². The summed E-state index contributed by atoms with van der Waals surface area (Å²) in [4.78, 5) is 12.2. The Hall–Kier alpha value is -1.55. The van der Waals surface area contributed by atoms with E-state index < -0.39 is 0 Å². The van der Waals surface area contributed by atoms with Gasteiger partial charge >= 0.3 is 0 Å². The minimum absolute atomic E-state index is 0.0187. The summed E-state index contributed by atoms with van der Waals surface area (Å²) in [6, 6.07) is 8.13. The van der Waals surface area contributed by atoms with E-state index in [1.807, 2.05) is 18.2 Å². The zero-order valence-electron chi connectivity index (χ0n) is 12.3. The molecule has 2 rings (SSSR count). The Kier molecular flexibility index (Phi) is 4.65. The molecule has 1 atom stereocenters. The lowest BCUT2D eigenvalue weighted by molar-refractivity contribution is -0.125. The normalized spacial score (nSPS) is 18.1. The van der Waals surface area contributed by atoms with Crippen molar-refractivity contribution in [3.05, 3.63) is 29.8 Å². The van der Waals surface area contributed by atoms with Gasteiger partial charge in [-0.15, -0.1) is 0 Å². The number of anilines is 1. The standard InChI is InChI=1S/C16H24N2O2/c1-16(2,7-8-19)11-18-15(20)13-9-12-5-3-4-6-14(12)17-10-13/h3-6,13,17,19H,7-11H2,1-2H3,(H,18,20). The van der Waals surface area contributed by atoms with Crippen molar-refractivity contribution in [2.45, 2.75) is 26.7 Å². The number of aliphatic hydroxyl groups excluding tert-OH is 1. The molecule has 0 spiro atoms. The first-order chi connectivity index (χ1) is 9.52. The van der Waals surface area contributed by atoms with Crippen molar-refractivity contribution in [3.63, 3.8) is 0 Å².